The van der Waals surface area contributed by atoms with Crippen LogP contribution in [0.4, 0.5) is 10.6 Å². The molecule has 31 heavy (non-hydrogen) atoms. The number of anilines is 1. The molecule has 0 bridgehead atoms. The van der Waals surface area contributed by atoms with Gasteiger partial charge in [-0.1, -0.05) is 13.8 Å². The predicted octanol–water partition coefficient (Wildman–Crippen LogP) is 1.95. The number of nitrogen functional groups attached to an aromatic ring is 1. The Labute approximate surface area is 179 Å². The molecule has 0 radical (unpaired) electrons. The summed E-state index contributed by atoms with van der Waals surface area (Å²) in [5, 5.41) is 14.3. The first-order valence-corrected chi connectivity index (χ1v) is 9.89. The van der Waals surface area contributed by atoms with Crippen molar-refractivity contribution in [3.8, 4) is 6.07 Å². The Morgan fingerprint density at radius 1 is 1.39 bits per heavy atom. The standard InChI is InChI=1S/C20H25N5O6/c1-11(2)18(26)30-16-7-13(8-28-19(27)29-12(3)4)31-20(16,9-21)15-6-5-14-17(22)23-10-24-25(14)15/h5-6,10-13,16H,7-8H2,1-4H3,(H2,22,23,24)/t13-,16+,20-/m0/s1. The van der Waals surface area contributed by atoms with Crippen LogP contribution in [0.3, 0.4) is 0 Å². The number of nitrogens with two attached hydrogens (primary N) is 1. The first kappa shape index (κ1) is 22.3. The molecule has 3 rings (SSSR count). The molecule has 0 spiro atoms. The fourth-order valence-electron chi connectivity index (χ4n) is 3.30. The lowest BCUT2D eigenvalue weighted by Crippen LogP contribution is -2.40. The molecule has 11 nitrogen and oxygen atoms in total. The van der Waals surface area contributed by atoms with Gasteiger partial charge in [-0.25, -0.2) is 14.3 Å². The second kappa shape index (κ2) is 8.77. The number of hydrogen-bond donors (Lipinski definition) is 1. The number of carbonyl (C=O) groups excluding carboxylic acids is 2. The van der Waals surface area contributed by atoms with Gasteiger partial charge in [0, 0.05) is 6.42 Å². The molecule has 1 fully saturated rings. The van der Waals surface area contributed by atoms with Crippen molar-refractivity contribution in [2.75, 3.05) is 12.3 Å². The van der Waals surface area contributed by atoms with E-state index in [1.165, 1.54) is 10.8 Å². The predicted molar refractivity (Wildman–Crippen MR) is 106 cm³/mol. The van der Waals surface area contributed by atoms with Gasteiger partial charge in [0.15, 0.2) is 11.9 Å². The van der Waals surface area contributed by atoms with E-state index in [1.54, 1.807) is 39.8 Å². The maximum Gasteiger partial charge on any atom is 0.508 e. The first-order chi connectivity index (χ1) is 14.7. The van der Waals surface area contributed by atoms with E-state index in [4.69, 9.17) is 24.7 Å². The zero-order chi connectivity index (χ0) is 22.8. The Morgan fingerprint density at radius 3 is 2.77 bits per heavy atom. The van der Waals surface area contributed by atoms with Gasteiger partial charge in [-0.2, -0.15) is 10.4 Å². The van der Waals surface area contributed by atoms with E-state index < -0.39 is 35.9 Å². The van der Waals surface area contributed by atoms with E-state index in [2.05, 4.69) is 16.2 Å². The first-order valence-electron chi connectivity index (χ1n) is 9.89. The van der Waals surface area contributed by atoms with Crippen LogP contribution in [0.15, 0.2) is 18.5 Å². The van der Waals surface area contributed by atoms with Crippen molar-refractivity contribution in [3.63, 3.8) is 0 Å². The maximum atomic E-state index is 12.3. The largest absolute Gasteiger partial charge is 0.508 e. The van der Waals surface area contributed by atoms with Gasteiger partial charge in [-0.15, -0.1) is 0 Å². The summed E-state index contributed by atoms with van der Waals surface area (Å²) in [4.78, 5) is 28.0. The van der Waals surface area contributed by atoms with Crippen molar-refractivity contribution in [1.82, 2.24) is 14.6 Å². The number of carbonyl (C=O) groups is 2. The van der Waals surface area contributed by atoms with Gasteiger partial charge in [-0.3, -0.25) is 4.79 Å². The number of nitriles is 1. The molecule has 11 heteroatoms. The summed E-state index contributed by atoms with van der Waals surface area (Å²) in [6, 6.07) is 5.41. The fourth-order valence-corrected chi connectivity index (χ4v) is 3.30. The average molecular weight is 431 g/mol. The summed E-state index contributed by atoms with van der Waals surface area (Å²) in [6.07, 6.45) is -1.48. The highest BCUT2D eigenvalue weighted by molar-refractivity contribution is 5.72. The van der Waals surface area contributed by atoms with Crippen LogP contribution in [0.5, 0.6) is 0 Å². The van der Waals surface area contributed by atoms with Crippen LogP contribution >= 0.6 is 0 Å². The molecule has 0 amide bonds. The number of esters is 1. The molecule has 1 aliphatic rings. The number of rotatable bonds is 6. The van der Waals surface area contributed by atoms with E-state index in [1.807, 2.05) is 0 Å². The lowest BCUT2D eigenvalue weighted by molar-refractivity contribution is -0.160. The SMILES string of the molecule is CC(C)OC(=O)OC[C@@H]1C[C@@H](OC(=O)C(C)C)[C@](C#N)(c2ccc3c(N)ncnn23)O1. The van der Waals surface area contributed by atoms with Crippen molar-refractivity contribution in [2.24, 2.45) is 5.92 Å². The Kier molecular flexibility index (Phi) is 6.31. The summed E-state index contributed by atoms with van der Waals surface area (Å²) in [7, 11) is 0. The van der Waals surface area contributed by atoms with E-state index in [0.717, 1.165) is 0 Å². The van der Waals surface area contributed by atoms with Crippen LogP contribution in [0, 0.1) is 17.2 Å². The van der Waals surface area contributed by atoms with Gasteiger partial charge >= 0.3 is 12.1 Å². The molecule has 2 N–H and O–H groups in total. The second-order valence-corrected chi connectivity index (χ2v) is 7.79. The van der Waals surface area contributed by atoms with Gasteiger partial charge in [0.05, 0.1) is 23.8 Å². The molecule has 2 aromatic heterocycles. The smallest absolute Gasteiger partial charge is 0.457 e. The number of aromatic nitrogens is 3. The van der Waals surface area contributed by atoms with Gasteiger partial charge in [-0.05, 0) is 26.0 Å². The molecule has 3 heterocycles. The minimum Gasteiger partial charge on any atom is -0.457 e. The van der Waals surface area contributed by atoms with Crippen LogP contribution in [-0.2, 0) is 29.3 Å². The highest BCUT2D eigenvalue weighted by atomic mass is 16.7. The number of ether oxygens (including phenoxy) is 4. The van der Waals surface area contributed by atoms with E-state index in [0.29, 0.717) is 11.2 Å². The van der Waals surface area contributed by atoms with Crippen LogP contribution < -0.4 is 5.73 Å². The van der Waals surface area contributed by atoms with Crippen molar-refractivity contribution in [3.05, 3.63) is 24.2 Å². The Bertz CT molecular complexity index is 1010. The van der Waals surface area contributed by atoms with Crippen molar-refractivity contribution in [1.29, 1.82) is 5.26 Å². The number of fused-ring (bicyclic) bond motifs is 1. The molecular weight excluding hydrogens is 406 g/mol. The molecule has 2 aromatic rings. The second-order valence-electron chi connectivity index (χ2n) is 7.79. The van der Waals surface area contributed by atoms with E-state index in [9.17, 15) is 14.9 Å². The van der Waals surface area contributed by atoms with Crippen molar-refractivity contribution >= 4 is 23.5 Å². The Morgan fingerprint density at radius 2 is 2.13 bits per heavy atom. The van der Waals surface area contributed by atoms with Gasteiger partial charge in [0.2, 0.25) is 5.60 Å². The summed E-state index contributed by atoms with van der Waals surface area (Å²) in [5.41, 5.74) is 5.02. The average Bonchev–Trinajstić information content (AvgIpc) is 3.29. The third-order valence-corrected chi connectivity index (χ3v) is 4.76. The number of hydrogen-bond acceptors (Lipinski definition) is 10. The zero-order valence-electron chi connectivity index (χ0n) is 17.8. The highest BCUT2D eigenvalue weighted by Gasteiger charge is 2.55. The quantitative estimate of drug-likeness (QED) is 0.672. The molecule has 0 saturated carbocycles. The lowest BCUT2D eigenvalue weighted by atomic mass is 9.93. The minimum atomic E-state index is -1.69. The summed E-state index contributed by atoms with van der Waals surface area (Å²) in [5.74, 6) is -0.668. The van der Waals surface area contributed by atoms with Crippen LogP contribution in [0.25, 0.3) is 5.52 Å². The van der Waals surface area contributed by atoms with Gasteiger partial charge < -0.3 is 24.7 Å². The third-order valence-electron chi connectivity index (χ3n) is 4.76. The fraction of sp³-hybridized carbons (Fsp3) is 0.550. The lowest BCUT2D eigenvalue weighted by Gasteiger charge is -2.27. The van der Waals surface area contributed by atoms with Gasteiger partial charge in [0.25, 0.3) is 0 Å². The van der Waals surface area contributed by atoms with Gasteiger partial charge in [0.1, 0.15) is 24.5 Å². The van der Waals surface area contributed by atoms with Crippen LogP contribution in [-0.4, -0.2) is 51.6 Å². The van der Waals surface area contributed by atoms with E-state index >= 15 is 0 Å². The molecule has 3 atom stereocenters. The monoisotopic (exact) mass is 431 g/mol. The van der Waals surface area contributed by atoms with E-state index in [-0.39, 0.29) is 24.9 Å². The number of nitrogens with zero attached hydrogens (tertiary/aromatic N) is 4. The molecule has 0 aromatic carbocycles. The summed E-state index contributed by atoms with van der Waals surface area (Å²) < 4.78 is 23.2. The van der Waals surface area contributed by atoms with Crippen LogP contribution in [0.2, 0.25) is 0 Å². The Balaban J connectivity index is 1.94. The van der Waals surface area contributed by atoms with Crippen molar-refractivity contribution < 1.29 is 28.5 Å². The molecule has 1 aliphatic heterocycles. The zero-order valence-corrected chi connectivity index (χ0v) is 17.8. The molecule has 166 valence electrons. The molecule has 1 saturated heterocycles. The third kappa shape index (κ3) is 4.39. The molecule has 0 aliphatic carbocycles. The maximum absolute atomic E-state index is 12.3. The highest BCUT2D eigenvalue weighted by Crippen LogP contribution is 2.42. The van der Waals surface area contributed by atoms with Crippen LogP contribution in [0.1, 0.15) is 39.8 Å². The molecule has 0 unspecified atom stereocenters. The molecular formula is C20H25N5O6. The normalized spacial score (nSPS) is 23.1. The Hall–Kier alpha value is -3.39. The topological polar surface area (TPSA) is 151 Å². The van der Waals surface area contributed by atoms with Crippen molar-refractivity contribution in [2.45, 2.75) is 58.0 Å². The summed E-state index contributed by atoms with van der Waals surface area (Å²) in [6.45, 7) is 6.59. The summed E-state index contributed by atoms with van der Waals surface area (Å²) >= 11 is 0. The minimum absolute atomic E-state index is 0.134.